The van der Waals surface area contributed by atoms with Gasteiger partial charge in [-0.05, 0) is 12.1 Å². The van der Waals surface area contributed by atoms with E-state index in [1.54, 1.807) is 6.07 Å². The molecule has 0 aliphatic carbocycles. The number of benzene rings is 1. The molecule has 1 amide bonds. The molecule has 1 aromatic heterocycles. The van der Waals surface area contributed by atoms with E-state index in [1.165, 1.54) is 12.3 Å². The van der Waals surface area contributed by atoms with Crippen LogP contribution >= 0.6 is 0 Å². The van der Waals surface area contributed by atoms with E-state index in [9.17, 15) is 4.79 Å². The van der Waals surface area contributed by atoms with Crippen LogP contribution in [0.1, 0.15) is 16.9 Å². The van der Waals surface area contributed by atoms with E-state index in [0.29, 0.717) is 24.7 Å². The Hall–Kier alpha value is -2.34. The van der Waals surface area contributed by atoms with Gasteiger partial charge >= 0.3 is 0 Å². The molecule has 0 saturated carbocycles. The number of carbonyl (C=O) groups excluding carboxylic acids is 1. The minimum absolute atomic E-state index is 0.0279. The van der Waals surface area contributed by atoms with Gasteiger partial charge in [-0.2, -0.15) is 0 Å². The average Bonchev–Trinajstić information content (AvgIpc) is 3.13. The lowest BCUT2D eigenvalue weighted by Gasteiger charge is -2.15. The zero-order chi connectivity index (χ0) is 13.8. The first-order valence-electron chi connectivity index (χ1n) is 6.38. The van der Waals surface area contributed by atoms with Gasteiger partial charge in [-0.3, -0.25) is 4.79 Å². The zero-order valence-corrected chi connectivity index (χ0v) is 10.7. The van der Waals surface area contributed by atoms with Crippen LogP contribution in [0.15, 0.2) is 41.1 Å². The molecule has 1 aliphatic rings. The second-order valence-electron chi connectivity index (χ2n) is 4.44. The lowest BCUT2D eigenvalue weighted by atomic mass is 10.2. The molecule has 6 heteroatoms. The van der Waals surface area contributed by atoms with Crippen LogP contribution in [0.5, 0.6) is 5.75 Å². The second-order valence-corrected chi connectivity index (χ2v) is 4.44. The standard InChI is InChI=1S/C14H14N2O4/c17-14(12-6-8-19-16-12)15-11-3-1-2-4-13(11)20-10-5-7-18-9-10/h1-4,6,8,10H,5,7,9H2,(H,15,17)/t10-/m0/s1. The number of hydrogen-bond donors (Lipinski definition) is 1. The molecule has 0 spiro atoms. The number of nitrogens with one attached hydrogen (secondary N) is 1. The molecule has 6 nitrogen and oxygen atoms in total. The molecule has 1 atom stereocenters. The van der Waals surface area contributed by atoms with Gasteiger partial charge in [-0.25, -0.2) is 0 Å². The Morgan fingerprint density at radius 2 is 2.25 bits per heavy atom. The van der Waals surface area contributed by atoms with Crippen LogP contribution in [0.2, 0.25) is 0 Å². The smallest absolute Gasteiger partial charge is 0.277 e. The summed E-state index contributed by atoms with van der Waals surface area (Å²) in [6.45, 7) is 1.28. The van der Waals surface area contributed by atoms with Crippen molar-refractivity contribution in [2.75, 3.05) is 18.5 Å². The molecular formula is C14H14N2O4. The van der Waals surface area contributed by atoms with Crippen molar-refractivity contribution in [3.63, 3.8) is 0 Å². The number of amides is 1. The fourth-order valence-electron chi connectivity index (χ4n) is 1.97. The second kappa shape index (κ2) is 5.75. The maximum atomic E-state index is 12.0. The monoisotopic (exact) mass is 274 g/mol. The molecule has 1 N–H and O–H groups in total. The highest BCUT2D eigenvalue weighted by Crippen LogP contribution is 2.26. The predicted molar refractivity (Wildman–Crippen MR) is 70.8 cm³/mol. The van der Waals surface area contributed by atoms with Gasteiger partial charge in [0.1, 0.15) is 18.1 Å². The molecule has 1 aromatic carbocycles. The molecule has 1 saturated heterocycles. The van der Waals surface area contributed by atoms with Gasteiger partial charge in [-0.1, -0.05) is 17.3 Å². The third-order valence-electron chi connectivity index (χ3n) is 2.99. The largest absolute Gasteiger partial charge is 0.486 e. The van der Waals surface area contributed by atoms with Gasteiger partial charge in [0.2, 0.25) is 0 Å². The third-order valence-corrected chi connectivity index (χ3v) is 2.99. The first-order chi connectivity index (χ1) is 9.83. The summed E-state index contributed by atoms with van der Waals surface area (Å²) in [6.07, 6.45) is 2.23. The van der Waals surface area contributed by atoms with Crippen LogP contribution in [0.25, 0.3) is 0 Å². The zero-order valence-electron chi connectivity index (χ0n) is 10.7. The fraction of sp³-hybridized carbons (Fsp3) is 0.286. The molecule has 2 heterocycles. The Kier molecular flexibility index (Phi) is 3.64. The highest BCUT2D eigenvalue weighted by molar-refractivity contribution is 6.03. The number of para-hydroxylation sites is 2. The molecule has 104 valence electrons. The summed E-state index contributed by atoms with van der Waals surface area (Å²) in [7, 11) is 0. The van der Waals surface area contributed by atoms with Crippen molar-refractivity contribution in [1.29, 1.82) is 0 Å². The molecule has 0 unspecified atom stereocenters. The first-order valence-corrected chi connectivity index (χ1v) is 6.38. The van der Waals surface area contributed by atoms with Crippen LogP contribution in [0.3, 0.4) is 0 Å². The number of hydrogen-bond acceptors (Lipinski definition) is 5. The number of ether oxygens (including phenoxy) is 2. The third kappa shape index (κ3) is 2.80. The topological polar surface area (TPSA) is 73.6 Å². The maximum Gasteiger partial charge on any atom is 0.277 e. The van der Waals surface area contributed by atoms with Gasteiger partial charge < -0.3 is 19.3 Å². The Morgan fingerprint density at radius 1 is 1.35 bits per heavy atom. The summed E-state index contributed by atoms with van der Waals surface area (Å²) >= 11 is 0. The van der Waals surface area contributed by atoms with Crippen LogP contribution in [-0.4, -0.2) is 30.4 Å². The van der Waals surface area contributed by atoms with Gasteiger partial charge in [0.15, 0.2) is 5.69 Å². The molecule has 0 radical (unpaired) electrons. The maximum absolute atomic E-state index is 12.0. The Balaban J connectivity index is 1.73. The highest BCUT2D eigenvalue weighted by Gasteiger charge is 2.19. The van der Waals surface area contributed by atoms with Crippen molar-refractivity contribution in [2.45, 2.75) is 12.5 Å². The van der Waals surface area contributed by atoms with Gasteiger partial charge in [0, 0.05) is 12.5 Å². The molecule has 1 aliphatic heterocycles. The van der Waals surface area contributed by atoms with E-state index in [2.05, 4.69) is 15.0 Å². The van der Waals surface area contributed by atoms with E-state index in [1.807, 2.05) is 18.2 Å². The molecule has 20 heavy (non-hydrogen) atoms. The van der Waals surface area contributed by atoms with Crippen LogP contribution < -0.4 is 10.1 Å². The molecule has 1 fully saturated rings. The Morgan fingerprint density at radius 3 is 3.00 bits per heavy atom. The van der Waals surface area contributed by atoms with E-state index in [0.717, 1.165) is 6.42 Å². The number of anilines is 1. The van der Waals surface area contributed by atoms with E-state index in [-0.39, 0.29) is 17.7 Å². The Bertz CT molecular complexity index is 577. The molecule has 3 rings (SSSR count). The summed E-state index contributed by atoms with van der Waals surface area (Å²) in [5.41, 5.74) is 0.830. The van der Waals surface area contributed by atoms with Crippen molar-refractivity contribution < 1.29 is 18.8 Å². The fourth-order valence-corrected chi connectivity index (χ4v) is 1.97. The van der Waals surface area contributed by atoms with Crippen LogP contribution in [0, 0.1) is 0 Å². The van der Waals surface area contributed by atoms with Gasteiger partial charge in [0.25, 0.3) is 5.91 Å². The molecule has 0 bridgehead atoms. The lowest BCUT2D eigenvalue weighted by Crippen LogP contribution is -2.18. The van der Waals surface area contributed by atoms with E-state index in [4.69, 9.17) is 9.47 Å². The highest BCUT2D eigenvalue weighted by atomic mass is 16.5. The summed E-state index contributed by atoms with van der Waals surface area (Å²) in [5.74, 6) is 0.289. The van der Waals surface area contributed by atoms with E-state index >= 15 is 0 Å². The van der Waals surface area contributed by atoms with Crippen molar-refractivity contribution in [3.05, 3.63) is 42.3 Å². The SMILES string of the molecule is O=C(Nc1ccccc1O[C@H]1CCOC1)c1ccon1. The van der Waals surface area contributed by atoms with Crippen molar-refractivity contribution >= 4 is 11.6 Å². The lowest BCUT2D eigenvalue weighted by molar-refractivity contribution is 0.101. The number of nitrogens with zero attached hydrogens (tertiary/aromatic N) is 1. The van der Waals surface area contributed by atoms with Crippen molar-refractivity contribution in [3.8, 4) is 5.75 Å². The normalized spacial score (nSPS) is 17.9. The van der Waals surface area contributed by atoms with Crippen LogP contribution in [0.4, 0.5) is 5.69 Å². The van der Waals surface area contributed by atoms with Crippen molar-refractivity contribution in [2.24, 2.45) is 0 Å². The summed E-state index contributed by atoms with van der Waals surface area (Å²) in [4.78, 5) is 12.0. The minimum atomic E-state index is -0.336. The van der Waals surface area contributed by atoms with Gasteiger partial charge in [-0.15, -0.1) is 0 Å². The average molecular weight is 274 g/mol. The van der Waals surface area contributed by atoms with Gasteiger partial charge in [0.05, 0.1) is 18.9 Å². The van der Waals surface area contributed by atoms with Crippen LogP contribution in [-0.2, 0) is 4.74 Å². The molecule has 2 aromatic rings. The molecular weight excluding hydrogens is 260 g/mol. The summed E-state index contributed by atoms with van der Waals surface area (Å²) in [6, 6.07) is 8.79. The number of aromatic nitrogens is 1. The first kappa shape index (κ1) is 12.7. The number of rotatable bonds is 4. The van der Waals surface area contributed by atoms with E-state index < -0.39 is 0 Å². The summed E-state index contributed by atoms with van der Waals surface area (Å²) < 4.78 is 15.8. The quantitative estimate of drug-likeness (QED) is 0.924. The van der Waals surface area contributed by atoms with Crippen molar-refractivity contribution in [1.82, 2.24) is 5.16 Å². The Labute approximate surface area is 115 Å². The number of carbonyl (C=O) groups is 1. The summed E-state index contributed by atoms with van der Waals surface area (Å²) in [5, 5.41) is 6.36. The predicted octanol–water partition coefficient (Wildman–Crippen LogP) is 2.09. The minimum Gasteiger partial charge on any atom is -0.486 e.